The standard InChI is InChI=1S/C28H39N7O2/c1-28(2,3)25(30-4)23-20(29)9-7-18-16-31-27(34-24(18)23)33-21-10-8-17(15-22(21)37-6)26(36)32-19-11-13-35(5)14-12-19/h8,10,15-16,19H,7,9,11-14,29H2,1-6H3,(H,32,36)(H,31,33,34). The van der Waals surface area contributed by atoms with Crippen LogP contribution in [0.5, 0.6) is 5.75 Å². The van der Waals surface area contributed by atoms with Gasteiger partial charge in [-0.3, -0.25) is 9.79 Å². The molecule has 1 aromatic carbocycles. The van der Waals surface area contributed by atoms with Crippen molar-refractivity contribution in [1.29, 1.82) is 0 Å². The first-order valence-corrected chi connectivity index (χ1v) is 12.9. The number of aliphatic imine (C=N–C) groups is 1. The van der Waals surface area contributed by atoms with Crippen LogP contribution >= 0.6 is 0 Å². The van der Waals surface area contributed by atoms with Crippen molar-refractivity contribution < 1.29 is 9.53 Å². The van der Waals surface area contributed by atoms with Gasteiger partial charge in [0.1, 0.15) is 5.75 Å². The van der Waals surface area contributed by atoms with Crippen molar-refractivity contribution in [2.75, 3.05) is 39.6 Å². The van der Waals surface area contributed by atoms with E-state index in [9.17, 15) is 4.79 Å². The second-order valence-electron chi connectivity index (χ2n) is 10.9. The second kappa shape index (κ2) is 10.9. The van der Waals surface area contributed by atoms with Gasteiger partial charge < -0.3 is 26.0 Å². The van der Waals surface area contributed by atoms with Crippen LogP contribution in [0.2, 0.25) is 0 Å². The summed E-state index contributed by atoms with van der Waals surface area (Å²) in [6.45, 7) is 8.35. The van der Waals surface area contributed by atoms with Crippen LogP contribution in [0.25, 0.3) is 5.57 Å². The van der Waals surface area contributed by atoms with E-state index in [1.807, 2.05) is 12.3 Å². The highest BCUT2D eigenvalue weighted by atomic mass is 16.5. The van der Waals surface area contributed by atoms with Gasteiger partial charge in [-0.15, -0.1) is 0 Å². The maximum atomic E-state index is 12.9. The molecule has 4 rings (SSSR count). The topological polar surface area (TPSA) is 118 Å². The van der Waals surface area contributed by atoms with E-state index < -0.39 is 0 Å². The Morgan fingerprint density at radius 3 is 2.59 bits per heavy atom. The number of allylic oxidation sites excluding steroid dienone is 2. The number of rotatable bonds is 6. The molecule has 9 nitrogen and oxygen atoms in total. The third-order valence-electron chi connectivity index (χ3n) is 7.02. The third-order valence-corrected chi connectivity index (χ3v) is 7.02. The third kappa shape index (κ3) is 5.93. The number of ether oxygens (including phenoxy) is 1. The van der Waals surface area contributed by atoms with Gasteiger partial charge in [-0.2, -0.15) is 0 Å². The molecule has 1 amide bonds. The van der Waals surface area contributed by atoms with E-state index in [2.05, 4.69) is 53.3 Å². The molecule has 0 bridgehead atoms. The summed E-state index contributed by atoms with van der Waals surface area (Å²) in [6.07, 6.45) is 5.30. The van der Waals surface area contributed by atoms with Crippen LogP contribution in [0.1, 0.15) is 61.6 Å². The molecule has 1 aromatic heterocycles. The van der Waals surface area contributed by atoms with E-state index in [0.29, 0.717) is 22.9 Å². The van der Waals surface area contributed by atoms with E-state index in [-0.39, 0.29) is 17.4 Å². The number of nitrogens with zero attached hydrogens (tertiary/aromatic N) is 4. The predicted octanol–water partition coefficient (Wildman–Crippen LogP) is 3.79. The number of likely N-dealkylation sites (tertiary alicyclic amines) is 1. The van der Waals surface area contributed by atoms with E-state index >= 15 is 0 Å². The largest absolute Gasteiger partial charge is 0.495 e. The van der Waals surface area contributed by atoms with Gasteiger partial charge >= 0.3 is 0 Å². The highest BCUT2D eigenvalue weighted by molar-refractivity contribution is 6.26. The fraction of sp³-hybridized carbons (Fsp3) is 0.500. The van der Waals surface area contributed by atoms with Crippen molar-refractivity contribution in [3.63, 3.8) is 0 Å². The maximum absolute atomic E-state index is 12.9. The lowest BCUT2D eigenvalue weighted by molar-refractivity contribution is 0.0916. The molecule has 1 fully saturated rings. The monoisotopic (exact) mass is 505 g/mol. The quantitative estimate of drug-likeness (QED) is 0.511. The Bertz CT molecular complexity index is 1220. The Hall–Kier alpha value is -3.46. The lowest BCUT2D eigenvalue weighted by Gasteiger charge is -2.29. The van der Waals surface area contributed by atoms with E-state index in [4.69, 9.17) is 15.5 Å². The number of benzene rings is 1. The molecule has 2 heterocycles. The first-order valence-electron chi connectivity index (χ1n) is 12.9. The fourth-order valence-electron chi connectivity index (χ4n) is 4.98. The van der Waals surface area contributed by atoms with Crippen molar-refractivity contribution in [1.82, 2.24) is 20.2 Å². The molecule has 1 aliphatic carbocycles. The Balaban J connectivity index is 1.57. The minimum Gasteiger partial charge on any atom is -0.495 e. The summed E-state index contributed by atoms with van der Waals surface area (Å²) in [5, 5.41) is 6.42. The molecule has 0 unspecified atom stereocenters. The van der Waals surface area contributed by atoms with Crippen LogP contribution in [-0.2, 0) is 6.42 Å². The average molecular weight is 506 g/mol. The zero-order chi connectivity index (χ0) is 26.7. The number of hydrogen-bond donors (Lipinski definition) is 3. The van der Waals surface area contributed by atoms with Crippen LogP contribution in [0.3, 0.4) is 0 Å². The molecule has 9 heteroatoms. The smallest absolute Gasteiger partial charge is 0.251 e. The lowest BCUT2D eigenvalue weighted by atomic mass is 9.80. The lowest BCUT2D eigenvalue weighted by Crippen LogP contribution is -2.43. The number of anilines is 2. The summed E-state index contributed by atoms with van der Waals surface area (Å²) < 4.78 is 5.61. The van der Waals surface area contributed by atoms with Gasteiger partial charge in [0.25, 0.3) is 5.91 Å². The van der Waals surface area contributed by atoms with Crippen molar-refractivity contribution in [2.24, 2.45) is 16.1 Å². The molecule has 0 atom stereocenters. The predicted molar refractivity (Wildman–Crippen MR) is 149 cm³/mol. The second-order valence-corrected chi connectivity index (χ2v) is 10.9. The minimum atomic E-state index is -0.185. The van der Waals surface area contributed by atoms with Gasteiger partial charge in [-0.1, -0.05) is 20.8 Å². The van der Waals surface area contributed by atoms with Gasteiger partial charge in [-0.05, 0) is 69.6 Å². The van der Waals surface area contributed by atoms with Crippen molar-refractivity contribution in [3.05, 3.63) is 46.9 Å². The van der Waals surface area contributed by atoms with Crippen molar-refractivity contribution in [2.45, 2.75) is 52.5 Å². The number of nitrogens with two attached hydrogens (primary N) is 1. The molecule has 2 aromatic rings. The summed E-state index contributed by atoms with van der Waals surface area (Å²) in [5.74, 6) is 0.874. The molecule has 1 aliphatic heterocycles. The fourth-order valence-corrected chi connectivity index (χ4v) is 4.98. The van der Waals surface area contributed by atoms with E-state index in [1.54, 1.807) is 26.3 Å². The van der Waals surface area contributed by atoms with E-state index in [0.717, 1.165) is 67.0 Å². The number of piperidine rings is 1. The molecule has 0 spiro atoms. The van der Waals surface area contributed by atoms with Gasteiger partial charge in [-0.25, -0.2) is 9.97 Å². The summed E-state index contributed by atoms with van der Waals surface area (Å²) in [4.78, 5) is 29.1. The van der Waals surface area contributed by atoms with Crippen molar-refractivity contribution >= 4 is 28.8 Å². The molecule has 37 heavy (non-hydrogen) atoms. The maximum Gasteiger partial charge on any atom is 0.251 e. The van der Waals surface area contributed by atoms with Gasteiger partial charge in [0.05, 0.1) is 24.2 Å². The number of hydrogen-bond acceptors (Lipinski definition) is 8. The number of aryl methyl sites for hydroxylation is 1. The molecule has 198 valence electrons. The number of aromatic nitrogens is 2. The number of nitrogens with one attached hydrogen (secondary N) is 2. The first-order chi connectivity index (χ1) is 17.6. The molecular weight excluding hydrogens is 466 g/mol. The summed E-state index contributed by atoms with van der Waals surface area (Å²) >= 11 is 0. The SMILES string of the molecule is CN=C(C1=C(N)CCc2cnc(Nc3ccc(C(=O)NC4CCN(C)CC4)cc3OC)nc21)C(C)(C)C. The molecule has 0 saturated carbocycles. The Labute approximate surface area is 219 Å². The normalized spacial score (nSPS) is 17.4. The van der Waals surface area contributed by atoms with Crippen LogP contribution in [-0.4, -0.2) is 66.8 Å². The zero-order valence-corrected chi connectivity index (χ0v) is 22.8. The van der Waals surface area contributed by atoms with Gasteiger partial charge in [0, 0.05) is 41.5 Å². The molecule has 2 aliphatic rings. The average Bonchev–Trinajstić information content (AvgIpc) is 2.86. The Morgan fingerprint density at radius 2 is 1.95 bits per heavy atom. The van der Waals surface area contributed by atoms with Gasteiger partial charge in [0.2, 0.25) is 5.95 Å². The summed E-state index contributed by atoms with van der Waals surface area (Å²) in [7, 11) is 5.49. The van der Waals surface area contributed by atoms with Crippen molar-refractivity contribution in [3.8, 4) is 5.75 Å². The molecular formula is C28H39N7O2. The Morgan fingerprint density at radius 1 is 1.22 bits per heavy atom. The molecule has 0 radical (unpaired) electrons. The van der Waals surface area contributed by atoms with Crippen LogP contribution in [0.15, 0.2) is 35.1 Å². The number of methoxy groups -OCH3 is 1. The highest BCUT2D eigenvalue weighted by Gasteiger charge is 2.30. The number of carbonyl (C=O) groups is 1. The van der Waals surface area contributed by atoms with E-state index in [1.165, 1.54) is 0 Å². The Kier molecular flexibility index (Phi) is 7.82. The summed E-state index contributed by atoms with van der Waals surface area (Å²) in [6, 6.07) is 5.55. The van der Waals surface area contributed by atoms with Crippen LogP contribution in [0, 0.1) is 5.41 Å². The highest BCUT2D eigenvalue weighted by Crippen LogP contribution is 2.36. The minimum absolute atomic E-state index is 0.0942. The molecule has 1 saturated heterocycles. The number of fused-ring (bicyclic) bond motifs is 1. The number of amides is 1. The number of carbonyl (C=O) groups excluding carboxylic acids is 1. The summed E-state index contributed by atoms with van der Waals surface area (Å²) in [5.41, 5.74) is 12.0. The van der Waals surface area contributed by atoms with Crippen LogP contribution in [0.4, 0.5) is 11.6 Å². The first kappa shape index (κ1) is 26.6. The van der Waals surface area contributed by atoms with Crippen LogP contribution < -0.4 is 21.1 Å². The zero-order valence-electron chi connectivity index (χ0n) is 22.8. The van der Waals surface area contributed by atoms with Gasteiger partial charge in [0.15, 0.2) is 0 Å². The molecule has 4 N–H and O–H groups in total.